The van der Waals surface area contributed by atoms with Gasteiger partial charge in [0.2, 0.25) is 21.9 Å². The summed E-state index contributed by atoms with van der Waals surface area (Å²) in [5.41, 5.74) is 4.40. The second kappa shape index (κ2) is 8.68. The van der Waals surface area contributed by atoms with Gasteiger partial charge < -0.3 is 10.5 Å². The predicted molar refractivity (Wildman–Crippen MR) is 126 cm³/mol. The van der Waals surface area contributed by atoms with Gasteiger partial charge in [0.25, 0.3) is 0 Å². The molecular formula is C23H25F2N5O3S. The first-order chi connectivity index (χ1) is 15.7. The second-order valence-electron chi connectivity index (χ2n) is 8.42. The summed E-state index contributed by atoms with van der Waals surface area (Å²) in [5, 5.41) is 0. The molecular weight excluding hydrogens is 464 g/mol. The molecule has 2 aromatic rings. The van der Waals surface area contributed by atoms with Gasteiger partial charge >= 0.3 is 0 Å². The Labute approximate surface area is 197 Å². The molecule has 1 aromatic heterocycles. The minimum Gasteiger partial charge on any atom is -0.460 e. The Kier molecular flexibility index (Phi) is 6.41. The highest BCUT2D eigenvalue weighted by molar-refractivity contribution is 7.91. The lowest BCUT2D eigenvalue weighted by molar-refractivity contribution is 0.266. The summed E-state index contributed by atoms with van der Waals surface area (Å²) in [6, 6.07) is 3.81. The van der Waals surface area contributed by atoms with Crippen LogP contribution in [0, 0.1) is 18.2 Å². The Morgan fingerprint density at radius 1 is 1.29 bits per heavy atom. The summed E-state index contributed by atoms with van der Waals surface area (Å²) in [5.74, 6) is 0.796. The van der Waals surface area contributed by atoms with Crippen LogP contribution in [0.1, 0.15) is 44.5 Å². The van der Waals surface area contributed by atoms with E-state index in [2.05, 4.69) is 20.9 Å². The molecule has 0 spiro atoms. The Balaban J connectivity index is 2.03. The second-order valence-corrected chi connectivity index (χ2v) is 10.9. The maximum Gasteiger partial charge on any atom is 0.245 e. The van der Waals surface area contributed by atoms with Crippen molar-refractivity contribution in [2.24, 2.45) is 10.7 Å². The fraction of sp³-hybridized carbons (Fsp3) is 0.348. The highest BCUT2D eigenvalue weighted by atomic mass is 32.2. The maximum atomic E-state index is 15.0. The van der Waals surface area contributed by atoms with Crippen LogP contribution in [0.4, 0.5) is 8.78 Å². The van der Waals surface area contributed by atoms with E-state index in [1.165, 1.54) is 52.3 Å². The van der Waals surface area contributed by atoms with Crippen molar-refractivity contribution in [2.75, 3.05) is 7.05 Å². The summed E-state index contributed by atoms with van der Waals surface area (Å²) >= 11 is 0. The number of aliphatic imine (C=N–C) groups is 1. The summed E-state index contributed by atoms with van der Waals surface area (Å²) in [4.78, 5) is 12.3. The van der Waals surface area contributed by atoms with Gasteiger partial charge in [-0.2, -0.15) is 0 Å². The zero-order valence-electron chi connectivity index (χ0n) is 19.4. The first kappa shape index (κ1) is 25.1. The largest absolute Gasteiger partial charge is 0.460 e. The van der Waals surface area contributed by atoms with Crippen LogP contribution in [0.3, 0.4) is 0 Å². The number of hydrogen-bond donors (Lipinski definition) is 1. The minimum atomic E-state index is -3.98. The molecule has 0 unspecified atom stereocenters. The first-order valence-corrected chi connectivity index (χ1v) is 11.6. The maximum absolute atomic E-state index is 15.0. The lowest BCUT2D eigenvalue weighted by Crippen LogP contribution is -2.62. The van der Waals surface area contributed by atoms with E-state index in [0.29, 0.717) is 0 Å². The van der Waals surface area contributed by atoms with Crippen molar-refractivity contribution in [3.05, 3.63) is 53.2 Å². The number of rotatable bonds is 5. The summed E-state index contributed by atoms with van der Waals surface area (Å²) in [6.07, 6.45) is 8.26. The summed E-state index contributed by atoms with van der Waals surface area (Å²) < 4.78 is 60.6. The fourth-order valence-corrected chi connectivity index (χ4v) is 5.11. The number of terminal acetylenes is 1. The number of nitrogens with two attached hydrogens (primary N) is 1. The molecule has 1 aliphatic rings. The van der Waals surface area contributed by atoms with Crippen LogP contribution in [0.25, 0.3) is 11.9 Å². The molecule has 34 heavy (non-hydrogen) atoms. The Hall–Kier alpha value is -3.52. The Morgan fingerprint density at radius 2 is 1.97 bits per heavy atom. The molecule has 0 aliphatic carbocycles. The van der Waals surface area contributed by atoms with Crippen LogP contribution < -0.4 is 10.5 Å². The normalized spacial score (nSPS) is 22.5. The molecule has 0 saturated carbocycles. The highest BCUT2D eigenvalue weighted by Gasteiger charge is 2.57. The number of sulfonamides is 1. The van der Waals surface area contributed by atoms with Crippen molar-refractivity contribution >= 4 is 27.9 Å². The van der Waals surface area contributed by atoms with E-state index in [4.69, 9.17) is 16.9 Å². The van der Waals surface area contributed by atoms with E-state index >= 15 is 0 Å². The molecule has 0 saturated heterocycles. The third kappa shape index (κ3) is 4.09. The fourth-order valence-electron chi connectivity index (χ4n) is 3.48. The molecule has 2 atom stereocenters. The molecule has 1 aromatic carbocycles. The zero-order chi connectivity index (χ0) is 25.5. The van der Waals surface area contributed by atoms with Crippen LogP contribution in [0.15, 0.2) is 35.6 Å². The van der Waals surface area contributed by atoms with Crippen LogP contribution in [-0.4, -0.2) is 46.5 Å². The third-order valence-electron chi connectivity index (χ3n) is 6.05. The van der Waals surface area contributed by atoms with Crippen molar-refractivity contribution in [3.8, 4) is 18.2 Å². The van der Waals surface area contributed by atoms with Crippen molar-refractivity contribution in [1.82, 2.24) is 14.3 Å². The lowest BCUT2D eigenvalue weighted by atomic mass is 9.80. The Bertz CT molecular complexity index is 1320. The first-order valence-electron chi connectivity index (χ1n) is 10.2. The van der Waals surface area contributed by atoms with E-state index in [1.807, 2.05) is 0 Å². The third-order valence-corrected chi connectivity index (χ3v) is 8.65. The van der Waals surface area contributed by atoms with Crippen molar-refractivity contribution < 1.29 is 21.9 Å². The number of benzene rings is 1. The molecule has 180 valence electrons. The van der Waals surface area contributed by atoms with E-state index in [9.17, 15) is 17.2 Å². The van der Waals surface area contributed by atoms with E-state index in [1.54, 1.807) is 6.92 Å². The average Bonchev–Trinajstić information content (AvgIpc) is 2.78. The average molecular weight is 490 g/mol. The molecule has 0 radical (unpaired) electrons. The lowest BCUT2D eigenvalue weighted by Gasteiger charge is -2.46. The topological polar surface area (TPSA) is 111 Å². The van der Waals surface area contributed by atoms with Gasteiger partial charge in [0.1, 0.15) is 21.8 Å². The van der Waals surface area contributed by atoms with Gasteiger partial charge in [0.05, 0.1) is 12.4 Å². The van der Waals surface area contributed by atoms with Crippen LogP contribution >= 0.6 is 0 Å². The van der Waals surface area contributed by atoms with Gasteiger partial charge in [-0.15, -0.1) is 6.42 Å². The molecule has 11 heteroatoms. The number of nitrogens with zero attached hydrogens (tertiary/aromatic N) is 4. The van der Waals surface area contributed by atoms with Crippen LogP contribution in [0.2, 0.25) is 0 Å². The van der Waals surface area contributed by atoms with Crippen molar-refractivity contribution in [3.63, 3.8) is 0 Å². The zero-order valence-corrected chi connectivity index (χ0v) is 20.2. The van der Waals surface area contributed by atoms with E-state index in [-0.39, 0.29) is 28.7 Å². The molecule has 3 rings (SSSR count). The standard InChI is InChI=1S/C23H25F2N5O3S/c1-7-14(2)33-20-13-27-19(12-28-20)18(25)11-15-8-9-17(24)16(10-15)23(5)22(3,4)34(31,32)30(6)21(26)29-23/h1,8-14H,2-6H3,(H2,26,29)/b18-11-/t14-,23+/m0/s1. The molecule has 0 fully saturated rings. The number of guanidine groups is 1. The molecule has 8 nitrogen and oxygen atoms in total. The number of aromatic nitrogens is 2. The van der Waals surface area contributed by atoms with E-state index < -0.39 is 38.1 Å². The molecule has 0 bridgehead atoms. The van der Waals surface area contributed by atoms with Gasteiger partial charge in [-0.1, -0.05) is 12.0 Å². The van der Waals surface area contributed by atoms with Gasteiger partial charge in [-0.25, -0.2) is 36.5 Å². The number of halogens is 2. The van der Waals surface area contributed by atoms with Gasteiger partial charge in [0, 0.05) is 12.6 Å². The van der Waals surface area contributed by atoms with Gasteiger partial charge in [0.15, 0.2) is 11.9 Å². The SMILES string of the molecule is C#C[C@H](C)Oc1cnc(/C(F)=C/c2ccc(F)c([C@@]3(C)N=C(N)N(C)S(=O)(=O)C3(C)C)c2)cn1. The summed E-state index contributed by atoms with van der Waals surface area (Å²) in [7, 11) is -2.69. The van der Waals surface area contributed by atoms with Gasteiger partial charge in [-0.3, -0.25) is 0 Å². The number of ether oxygens (including phenoxy) is 1. The minimum absolute atomic E-state index is 0.0446. The van der Waals surface area contributed by atoms with Crippen molar-refractivity contribution in [1.29, 1.82) is 0 Å². The van der Waals surface area contributed by atoms with Crippen LogP contribution in [0.5, 0.6) is 5.88 Å². The predicted octanol–water partition coefficient (Wildman–Crippen LogP) is 3.07. The molecule has 2 N–H and O–H groups in total. The smallest absolute Gasteiger partial charge is 0.245 e. The summed E-state index contributed by atoms with van der Waals surface area (Å²) in [6.45, 7) is 6.01. The van der Waals surface area contributed by atoms with Crippen LogP contribution in [-0.2, 0) is 15.6 Å². The van der Waals surface area contributed by atoms with Gasteiger partial charge in [-0.05, 0) is 51.5 Å². The molecule has 1 aliphatic heterocycles. The monoisotopic (exact) mass is 489 g/mol. The van der Waals surface area contributed by atoms with E-state index in [0.717, 1.165) is 16.4 Å². The molecule has 2 heterocycles. The molecule has 0 amide bonds. The highest BCUT2D eigenvalue weighted by Crippen LogP contribution is 2.46. The van der Waals surface area contributed by atoms with Crippen molar-refractivity contribution in [2.45, 2.75) is 44.1 Å². The number of hydrogen-bond acceptors (Lipinski definition) is 7. The quantitative estimate of drug-likeness (QED) is 0.647. The Morgan fingerprint density at radius 3 is 2.56 bits per heavy atom.